The van der Waals surface area contributed by atoms with Gasteiger partial charge in [-0.2, -0.15) is 0 Å². The van der Waals surface area contributed by atoms with Gasteiger partial charge in [-0.3, -0.25) is 0 Å². The average Bonchev–Trinajstić information content (AvgIpc) is 2.46. The Morgan fingerprint density at radius 3 is 2.33 bits per heavy atom. The number of thioether (sulfide) groups is 2. The number of benzene rings is 1. The van der Waals surface area contributed by atoms with E-state index in [1.807, 2.05) is 36.8 Å². The number of aromatic nitrogens is 2. The maximum absolute atomic E-state index is 12.8. The van der Waals surface area contributed by atoms with Gasteiger partial charge in [-0.15, -0.1) is 11.8 Å². The summed E-state index contributed by atoms with van der Waals surface area (Å²) in [7, 11) is 0. The molecule has 0 atom stereocenters. The van der Waals surface area contributed by atoms with Crippen LogP contribution in [0.15, 0.2) is 40.4 Å². The van der Waals surface area contributed by atoms with Gasteiger partial charge in [0.15, 0.2) is 5.16 Å². The minimum atomic E-state index is -0.564. The van der Waals surface area contributed by atoms with Crippen LogP contribution in [0.4, 0.5) is 4.39 Å². The maximum Gasteiger partial charge on any atom is 0.188 e. The van der Waals surface area contributed by atoms with Crippen molar-refractivity contribution in [3.05, 3.63) is 36.0 Å². The lowest BCUT2D eigenvalue weighted by molar-refractivity contribution is 0.472. The summed E-state index contributed by atoms with van der Waals surface area (Å²) in [6, 6.07) is 9.78. The molecular formula is C13H13FN2S2. The third kappa shape index (κ3) is 3.03. The highest BCUT2D eigenvalue weighted by Crippen LogP contribution is 2.24. The van der Waals surface area contributed by atoms with Crippen molar-refractivity contribution in [1.82, 2.24) is 9.97 Å². The smallest absolute Gasteiger partial charge is 0.188 e. The van der Waals surface area contributed by atoms with Gasteiger partial charge in [0.25, 0.3) is 0 Å². The standard InChI is InChI=1S/C13H13FN2S2/c1-17-11-5-3-9(4-6-11)12-7-10(8-14)15-13(16-12)18-2/h3-7H,8H2,1-2H3. The molecule has 2 nitrogen and oxygen atoms in total. The van der Waals surface area contributed by atoms with Crippen molar-refractivity contribution >= 4 is 23.5 Å². The molecule has 1 aromatic heterocycles. The van der Waals surface area contributed by atoms with Crippen LogP contribution in [0.5, 0.6) is 0 Å². The number of hydrogen-bond donors (Lipinski definition) is 0. The Bertz CT molecular complexity index is 507. The van der Waals surface area contributed by atoms with Crippen LogP contribution in [0, 0.1) is 0 Å². The SMILES string of the molecule is CSc1ccc(-c2cc(CF)nc(SC)n2)cc1. The normalized spacial score (nSPS) is 10.6. The van der Waals surface area contributed by atoms with E-state index in [9.17, 15) is 4.39 Å². The Labute approximate surface area is 114 Å². The summed E-state index contributed by atoms with van der Waals surface area (Å²) in [5.74, 6) is 0. The highest BCUT2D eigenvalue weighted by molar-refractivity contribution is 7.98. The first-order chi connectivity index (χ1) is 8.76. The largest absolute Gasteiger partial charge is 0.244 e. The van der Waals surface area contributed by atoms with Gasteiger partial charge < -0.3 is 0 Å². The summed E-state index contributed by atoms with van der Waals surface area (Å²) < 4.78 is 12.8. The molecule has 0 aliphatic carbocycles. The molecule has 1 heterocycles. The van der Waals surface area contributed by atoms with E-state index in [0.717, 1.165) is 11.3 Å². The van der Waals surface area contributed by atoms with Crippen LogP contribution in [-0.2, 0) is 6.67 Å². The fraction of sp³-hybridized carbons (Fsp3) is 0.231. The molecule has 0 amide bonds. The third-order valence-corrected chi connectivity index (χ3v) is 3.76. The van der Waals surface area contributed by atoms with E-state index in [0.29, 0.717) is 10.9 Å². The molecule has 0 saturated carbocycles. The molecule has 0 saturated heterocycles. The third-order valence-electron chi connectivity index (χ3n) is 2.46. The first kappa shape index (κ1) is 13.4. The molecule has 0 bridgehead atoms. The van der Waals surface area contributed by atoms with Gasteiger partial charge in [-0.05, 0) is 30.7 Å². The molecule has 2 rings (SSSR count). The summed E-state index contributed by atoms with van der Waals surface area (Å²) in [6.07, 6.45) is 3.92. The summed E-state index contributed by atoms with van der Waals surface area (Å²) in [5, 5.41) is 0.606. The number of halogens is 1. The molecule has 1 aromatic carbocycles. The molecule has 94 valence electrons. The van der Waals surface area contributed by atoms with E-state index in [-0.39, 0.29) is 0 Å². The van der Waals surface area contributed by atoms with Crippen LogP contribution in [0.3, 0.4) is 0 Å². The van der Waals surface area contributed by atoms with Crippen LogP contribution in [0.1, 0.15) is 5.69 Å². The van der Waals surface area contributed by atoms with Gasteiger partial charge in [0.2, 0.25) is 0 Å². The summed E-state index contributed by atoms with van der Waals surface area (Å²) in [4.78, 5) is 9.70. The Kier molecular flexibility index (Phi) is 4.60. The maximum atomic E-state index is 12.8. The first-order valence-electron chi connectivity index (χ1n) is 5.39. The lowest BCUT2D eigenvalue weighted by Crippen LogP contribution is -1.95. The van der Waals surface area contributed by atoms with Gasteiger partial charge in [0.1, 0.15) is 6.67 Å². The zero-order chi connectivity index (χ0) is 13.0. The van der Waals surface area contributed by atoms with E-state index >= 15 is 0 Å². The van der Waals surface area contributed by atoms with Gasteiger partial charge in [0, 0.05) is 10.5 Å². The van der Waals surface area contributed by atoms with E-state index < -0.39 is 6.67 Å². The molecule has 0 spiro atoms. The topological polar surface area (TPSA) is 25.8 Å². The zero-order valence-corrected chi connectivity index (χ0v) is 11.8. The Morgan fingerprint density at radius 1 is 1.06 bits per heavy atom. The van der Waals surface area contributed by atoms with E-state index in [2.05, 4.69) is 9.97 Å². The fourth-order valence-electron chi connectivity index (χ4n) is 1.54. The van der Waals surface area contributed by atoms with E-state index in [1.165, 1.54) is 16.7 Å². The molecule has 0 aliphatic heterocycles. The second-order valence-electron chi connectivity index (χ2n) is 3.59. The molecule has 0 aliphatic rings. The molecule has 5 heteroatoms. The number of nitrogens with zero attached hydrogens (tertiary/aromatic N) is 2. The zero-order valence-electron chi connectivity index (χ0n) is 10.2. The predicted octanol–water partition coefficient (Wildman–Crippen LogP) is 4.06. The summed E-state index contributed by atoms with van der Waals surface area (Å²) in [6.45, 7) is -0.564. The lowest BCUT2D eigenvalue weighted by atomic mass is 10.1. The van der Waals surface area contributed by atoms with Gasteiger partial charge in [0.05, 0.1) is 11.4 Å². The number of rotatable bonds is 4. The van der Waals surface area contributed by atoms with Crippen molar-refractivity contribution in [2.45, 2.75) is 16.7 Å². The van der Waals surface area contributed by atoms with Gasteiger partial charge in [-0.25, -0.2) is 14.4 Å². The monoisotopic (exact) mass is 280 g/mol. The van der Waals surface area contributed by atoms with Crippen LogP contribution in [0.2, 0.25) is 0 Å². The predicted molar refractivity (Wildman–Crippen MR) is 75.8 cm³/mol. The van der Waals surface area contributed by atoms with Crippen LogP contribution in [-0.4, -0.2) is 22.5 Å². The molecule has 2 aromatic rings. The number of alkyl halides is 1. The Balaban J connectivity index is 2.41. The molecule has 0 radical (unpaired) electrons. The molecule has 0 unspecified atom stereocenters. The quantitative estimate of drug-likeness (QED) is 0.623. The van der Waals surface area contributed by atoms with Crippen molar-refractivity contribution in [3.63, 3.8) is 0 Å². The van der Waals surface area contributed by atoms with Gasteiger partial charge >= 0.3 is 0 Å². The molecule has 0 fully saturated rings. The molecule has 18 heavy (non-hydrogen) atoms. The Morgan fingerprint density at radius 2 is 1.78 bits per heavy atom. The highest BCUT2D eigenvalue weighted by atomic mass is 32.2. The van der Waals surface area contributed by atoms with Crippen molar-refractivity contribution in [3.8, 4) is 11.3 Å². The van der Waals surface area contributed by atoms with Gasteiger partial charge in [-0.1, -0.05) is 23.9 Å². The lowest BCUT2D eigenvalue weighted by Gasteiger charge is -2.05. The molecular weight excluding hydrogens is 267 g/mol. The van der Waals surface area contributed by atoms with Crippen LogP contribution >= 0.6 is 23.5 Å². The minimum absolute atomic E-state index is 0.429. The van der Waals surface area contributed by atoms with Crippen LogP contribution < -0.4 is 0 Å². The summed E-state index contributed by atoms with van der Waals surface area (Å²) >= 11 is 3.11. The highest BCUT2D eigenvalue weighted by Gasteiger charge is 2.06. The second kappa shape index (κ2) is 6.20. The first-order valence-corrected chi connectivity index (χ1v) is 7.84. The number of hydrogen-bond acceptors (Lipinski definition) is 4. The second-order valence-corrected chi connectivity index (χ2v) is 5.25. The van der Waals surface area contributed by atoms with Crippen molar-refractivity contribution in [2.24, 2.45) is 0 Å². The van der Waals surface area contributed by atoms with E-state index in [4.69, 9.17) is 0 Å². The van der Waals surface area contributed by atoms with Crippen molar-refractivity contribution < 1.29 is 4.39 Å². The average molecular weight is 280 g/mol. The minimum Gasteiger partial charge on any atom is -0.244 e. The van der Waals surface area contributed by atoms with Crippen molar-refractivity contribution in [1.29, 1.82) is 0 Å². The fourth-order valence-corrected chi connectivity index (χ4v) is 2.35. The van der Waals surface area contributed by atoms with E-state index in [1.54, 1.807) is 17.8 Å². The van der Waals surface area contributed by atoms with Crippen LogP contribution in [0.25, 0.3) is 11.3 Å². The summed E-state index contributed by atoms with van der Waals surface area (Å²) in [5.41, 5.74) is 2.19. The van der Waals surface area contributed by atoms with Crippen molar-refractivity contribution in [2.75, 3.05) is 12.5 Å². The Hall–Kier alpha value is -1.07. The molecule has 0 N–H and O–H groups in total.